The van der Waals surface area contributed by atoms with Gasteiger partial charge in [-0.05, 0) is 56.9 Å². The van der Waals surface area contributed by atoms with E-state index in [2.05, 4.69) is 133 Å². The highest BCUT2D eigenvalue weighted by Gasteiger charge is 2.19. The van der Waals surface area contributed by atoms with E-state index in [4.69, 9.17) is 19.4 Å². The second kappa shape index (κ2) is 11.4. The maximum absolute atomic E-state index is 6.26. The Morgan fingerprint density at radius 1 is 0.365 bits per heavy atom. The quantitative estimate of drug-likeness (QED) is 0.174. The second-order valence-electron chi connectivity index (χ2n) is 13.2. The molecule has 52 heavy (non-hydrogen) atoms. The average Bonchev–Trinajstić information content (AvgIpc) is 3.78. The van der Waals surface area contributed by atoms with Gasteiger partial charge in [-0.1, -0.05) is 140 Å². The molecule has 0 amide bonds. The van der Waals surface area contributed by atoms with Gasteiger partial charge in [0.15, 0.2) is 17.5 Å². The van der Waals surface area contributed by atoms with Crippen molar-refractivity contribution in [1.29, 1.82) is 0 Å². The van der Waals surface area contributed by atoms with Crippen LogP contribution < -0.4 is 0 Å². The zero-order valence-corrected chi connectivity index (χ0v) is 28.6. The molecule has 0 N–H and O–H groups in total. The molecule has 3 heterocycles. The molecule has 5 heteroatoms. The Balaban J connectivity index is 1.10. The van der Waals surface area contributed by atoms with Gasteiger partial charge >= 0.3 is 0 Å². The van der Waals surface area contributed by atoms with Crippen molar-refractivity contribution in [2.75, 3.05) is 0 Å². The number of hydrogen-bond donors (Lipinski definition) is 0. The lowest BCUT2D eigenvalue weighted by atomic mass is 9.93. The minimum Gasteiger partial charge on any atom is -0.456 e. The number of nitrogens with zero attached hydrogens (tertiary/aromatic N) is 3. The van der Waals surface area contributed by atoms with Gasteiger partial charge in [-0.2, -0.15) is 0 Å². The zero-order chi connectivity index (χ0) is 34.2. The van der Waals surface area contributed by atoms with Crippen molar-refractivity contribution in [3.63, 3.8) is 0 Å². The van der Waals surface area contributed by atoms with E-state index in [1.165, 1.54) is 47.3 Å². The Labute approximate surface area is 302 Å². The first-order valence-electron chi connectivity index (χ1n) is 17.3. The molecule has 11 aromatic rings. The summed E-state index contributed by atoms with van der Waals surface area (Å²) in [6, 6.07) is 57.5. The van der Waals surface area contributed by atoms with Crippen molar-refractivity contribution in [3.8, 4) is 45.3 Å². The van der Waals surface area contributed by atoms with Gasteiger partial charge < -0.3 is 4.42 Å². The third kappa shape index (κ3) is 4.57. The SMILES string of the molecule is c1ccc2c(c1)ccc1cccc(-c3ccc(-c4nc(-c5ccc6c(c5)sc5ccccc56)nc(-c5cccc6oc7ccccc7c56)n4)cc3)c12. The highest BCUT2D eigenvalue weighted by Crippen LogP contribution is 2.39. The van der Waals surface area contributed by atoms with Crippen LogP contribution in [0.15, 0.2) is 168 Å². The topological polar surface area (TPSA) is 51.8 Å². The van der Waals surface area contributed by atoms with Gasteiger partial charge in [-0.25, -0.2) is 15.0 Å². The fraction of sp³-hybridized carbons (Fsp3) is 0. The van der Waals surface area contributed by atoms with E-state index in [0.29, 0.717) is 17.5 Å². The first-order valence-corrected chi connectivity index (χ1v) is 18.2. The third-order valence-electron chi connectivity index (χ3n) is 10.1. The van der Waals surface area contributed by atoms with Gasteiger partial charge in [-0.3, -0.25) is 0 Å². The van der Waals surface area contributed by atoms with E-state index in [0.717, 1.165) is 44.2 Å². The van der Waals surface area contributed by atoms with Crippen LogP contribution in [0.2, 0.25) is 0 Å². The number of thiophene rings is 1. The number of para-hydroxylation sites is 1. The van der Waals surface area contributed by atoms with Gasteiger partial charge in [0, 0.05) is 47.6 Å². The van der Waals surface area contributed by atoms with Crippen molar-refractivity contribution in [1.82, 2.24) is 15.0 Å². The number of furan rings is 1. The summed E-state index contributed by atoms with van der Waals surface area (Å²) in [6.07, 6.45) is 0. The predicted molar refractivity (Wildman–Crippen MR) is 217 cm³/mol. The molecule has 0 bridgehead atoms. The highest BCUT2D eigenvalue weighted by atomic mass is 32.1. The average molecular weight is 682 g/mol. The van der Waals surface area contributed by atoms with Crippen LogP contribution in [0, 0.1) is 0 Å². The number of hydrogen-bond acceptors (Lipinski definition) is 5. The van der Waals surface area contributed by atoms with Crippen molar-refractivity contribution in [3.05, 3.63) is 164 Å². The van der Waals surface area contributed by atoms with Crippen LogP contribution in [0.5, 0.6) is 0 Å². The molecule has 0 saturated heterocycles. The summed E-state index contributed by atoms with van der Waals surface area (Å²) in [5.74, 6) is 1.86. The van der Waals surface area contributed by atoms with Crippen molar-refractivity contribution in [2.24, 2.45) is 0 Å². The van der Waals surface area contributed by atoms with Crippen LogP contribution in [0.25, 0.3) is 109 Å². The van der Waals surface area contributed by atoms with Gasteiger partial charge in [-0.15, -0.1) is 11.3 Å². The summed E-state index contributed by atoms with van der Waals surface area (Å²) in [5, 5.41) is 9.52. The van der Waals surface area contributed by atoms with Crippen LogP contribution in [0.3, 0.4) is 0 Å². The first-order chi connectivity index (χ1) is 25.7. The summed E-state index contributed by atoms with van der Waals surface area (Å²) in [6.45, 7) is 0. The van der Waals surface area contributed by atoms with Gasteiger partial charge in [0.25, 0.3) is 0 Å². The van der Waals surface area contributed by atoms with Crippen LogP contribution in [-0.4, -0.2) is 15.0 Å². The molecule has 0 atom stereocenters. The maximum atomic E-state index is 6.26. The van der Waals surface area contributed by atoms with Crippen LogP contribution in [0.4, 0.5) is 0 Å². The summed E-state index contributed by atoms with van der Waals surface area (Å²) in [7, 11) is 0. The Hall–Kier alpha value is -6.69. The van der Waals surface area contributed by atoms with Crippen LogP contribution in [0.1, 0.15) is 0 Å². The molecule has 4 nitrogen and oxygen atoms in total. The van der Waals surface area contributed by atoms with E-state index in [-0.39, 0.29) is 0 Å². The largest absolute Gasteiger partial charge is 0.456 e. The summed E-state index contributed by atoms with van der Waals surface area (Å²) < 4.78 is 8.74. The van der Waals surface area contributed by atoms with E-state index in [1.807, 2.05) is 30.3 Å². The van der Waals surface area contributed by atoms with E-state index < -0.39 is 0 Å². The fourth-order valence-electron chi connectivity index (χ4n) is 7.68. The second-order valence-corrected chi connectivity index (χ2v) is 14.2. The summed E-state index contributed by atoms with van der Waals surface area (Å²) >= 11 is 1.79. The summed E-state index contributed by atoms with van der Waals surface area (Å²) in [5.41, 5.74) is 6.78. The van der Waals surface area contributed by atoms with Crippen molar-refractivity contribution in [2.45, 2.75) is 0 Å². The number of fused-ring (bicyclic) bond motifs is 9. The molecule has 11 rings (SSSR count). The molecule has 0 fully saturated rings. The zero-order valence-electron chi connectivity index (χ0n) is 27.7. The Bertz CT molecular complexity index is 3190. The smallest absolute Gasteiger partial charge is 0.164 e. The molecule has 8 aromatic carbocycles. The number of aromatic nitrogens is 3. The molecule has 0 radical (unpaired) electrons. The minimum absolute atomic E-state index is 0.609. The Kier molecular flexibility index (Phi) is 6.39. The van der Waals surface area contributed by atoms with Crippen LogP contribution >= 0.6 is 11.3 Å². The normalized spacial score (nSPS) is 11.8. The lowest BCUT2D eigenvalue weighted by Gasteiger charge is -2.12. The van der Waals surface area contributed by atoms with Gasteiger partial charge in [0.1, 0.15) is 11.2 Å². The molecule has 0 aliphatic heterocycles. The molecule has 3 aromatic heterocycles. The lowest BCUT2D eigenvalue weighted by molar-refractivity contribution is 0.669. The molecule has 0 saturated carbocycles. The van der Waals surface area contributed by atoms with E-state index in [1.54, 1.807) is 11.3 Å². The molecule has 0 aliphatic rings. The van der Waals surface area contributed by atoms with E-state index >= 15 is 0 Å². The van der Waals surface area contributed by atoms with Gasteiger partial charge in [0.2, 0.25) is 0 Å². The fourth-order valence-corrected chi connectivity index (χ4v) is 8.82. The molecule has 0 unspecified atom stereocenters. The predicted octanol–water partition coefficient (Wildman–Crippen LogP) is 13.1. The lowest BCUT2D eigenvalue weighted by Crippen LogP contribution is -2.00. The highest BCUT2D eigenvalue weighted by molar-refractivity contribution is 7.25. The van der Waals surface area contributed by atoms with Crippen molar-refractivity contribution >= 4 is 75.0 Å². The summed E-state index contributed by atoms with van der Waals surface area (Å²) in [4.78, 5) is 15.5. The van der Waals surface area contributed by atoms with E-state index in [9.17, 15) is 0 Å². The molecule has 0 aliphatic carbocycles. The molecular weight excluding hydrogens is 655 g/mol. The van der Waals surface area contributed by atoms with Gasteiger partial charge in [0.05, 0.1) is 0 Å². The Morgan fingerprint density at radius 3 is 1.88 bits per heavy atom. The molecular formula is C47H27N3OS. The van der Waals surface area contributed by atoms with Crippen molar-refractivity contribution < 1.29 is 4.42 Å². The third-order valence-corrected chi connectivity index (χ3v) is 11.3. The Morgan fingerprint density at radius 2 is 0.981 bits per heavy atom. The van der Waals surface area contributed by atoms with Crippen LogP contribution in [-0.2, 0) is 0 Å². The minimum atomic E-state index is 0.609. The number of benzene rings is 8. The number of rotatable bonds is 4. The maximum Gasteiger partial charge on any atom is 0.164 e. The first kappa shape index (κ1) is 29.1. The molecule has 242 valence electrons. The molecule has 0 spiro atoms. The standard InChI is InChI=1S/C47H27N3OS/c1-2-11-33-28(9-1)19-22-30-10-7-14-34(43(30)33)29-20-23-31(24-21-29)45-48-46(32-25-26-36-35-12-4-6-18-41(35)52-42(36)27-32)50-47(49-45)38-15-8-17-40-44(38)37-13-3-5-16-39(37)51-40/h1-27H. The monoisotopic (exact) mass is 681 g/mol.